The van der Waals surface area contributed by atoms with Gasteiger partial charge in [0.25, 0.3) is 11.9 Å². The molecule has 0 spiro atoms. The number of aliphatic hydroxyl groups is 1. The highest BCUT2D eigenvalue weighted by Crippen LogP contribution is 2.36. The van der Waals surface area contributed by atoms with E-state index in [9.17, 15) is 14.7 Å². The molecule has 16 nitrogen and oxygen atoms in total. The van der Waals surface area contributed by atoms with Crippen LogP contribution < -0.4 is 25.3 Å². The van der Waals surface area contributed by atoms with Gasteiger partial charge in [-0.15, -0.1) is 9.78 Å². The highest BCUT2D eigenvalue weighted by Gasteiger charge is 2.29. The summed E-state index contributed by atoms with van der Waals surface area (Å²) in [6.45, 7) is 0.755. The van der Waals surface area contributed by atoms with Crippen LogP contribution in [0.15, 0.2) is 90.2 Å². The molecule has 3 aromatic carbocycles. The van der Waals surface area contributed by atoms with Crippen molar-refractivity contribution in [2.45, 2.75) is 19.3 Å². The number of amidine groups is 1. The van der Waals surface area contributed by atoms with Crippen LogP contribution in [0, 0.1) is 5.82 Å². The van der Waals surface area contributed by atoms with Crippen molar-refractivity contribution in [3.05, 3.63) is 114 Å². The zero-order valence-electron chi connectivity index (χ0n) is 26.6. The predicted molar refractivity (Wildman–Crippen MR) is 175 cm³/mol. The number of aromatic nitrogens is 5. The summed E-state index contributed by atoms with van der Waals surface area (Å²) in [5.41, 5.74) is 7.34. The lowest BCUT2D eigenvalue weighted by atomic mass is 10.0. The number of methoxy groups -OCH3 is 1. The summed E-state index contributed by atoms with van der Waals surface area (Å²) in [6, 6.07) is 17.8. The third kappa shape index (κ3) is 8.45. The number of benzene rings is 3. The van der Waals surface area contributed by atoms with Crippen LogP contribution in [0.1, 0.15) is 40.3 Å². The summed E-state index contributed by atoms with van der Waals surface area (Å²) >= 11 is 0. The number of carboxylic acid groups (broad SMARTS) is 1. The lowest BCUT2D eigenvalue weighted by Gasteiger charge is -2.21. The van der Waals surface area contributed by atoms with Gasteiger partial charge in [-0.3, -0.25) is 4.79 Å². The lowest BCUT2D eigenvalue weighted by molar-refractivity contribution is -0.0463. The zero-order chi connectivity index (χ0) is 35.6. The maximum Gasteiger partial charge on any atom is 0.508 e. The van der Waals surface area contributed by atoms with E-state index in [-0.39, 0.29) is 53.9 Å². The van der Waals surface area contributed by atoms with Gasteiger partial charge in [0.15, 0.2) is 17.4 Å². The van der Waals surface area contributed by atoms with Gasteiger partial charge in [-0.1, -0.05) is 18.2 Å². The van der Waals surface area contributed by atoms with E-state index in [4.69, 9.17) is 25.1 Å². The molecule has 2 heterocycles. The molecule has 2 atom stereocenters. The largest absolute Gasteiger partial charge is 0.508 e. The first-order valence-electron chi connectivity index (χ1n) is 14.9. The molecule has 5 aromatic rings. The third-order valence-electron chi connectivity index (χ3n) is 6.80. The minimum atomic E-state index is -1.59. The number of nitrogens with one attached hydrogen (secondary N) is 1. The molecule has 2 aromatic heterocycles. The van der Waals surface area contributed by atoms with Crippen LogP contribution in [0.3, 0.4) is 0 Å². The number of nitrogens with zero attached hydrogens (tertiary/aromatic N) is 6. The van der Waals surface area contributed by atoms with E-state index in [1.54, 1.807) is 60.7 Å². The molecule has 0 radical (unpaired) electrons. The van der Waals surface area contributed by atoms with Crippen molar-refractivity contribution in [3.63, 3.8) is 0 Å². The Balaban J connectivity index is 1.57. The minimum absolute atomic E-state index is 0.00442. The topological polar surface area (TPSA) is 218 Å². The van der Waals surface area contributed by atoms with Gasteiger partial charge in [-0.05, 0) is 48.5 Å². The molecule has 1 amide bonds. The van der Waals surface area contributed by atoms with Gasteiger partial charge in [-0.25, -0.2) is 19.2 Å². The number of anilines is 1. The molecule has 0 bridgehead atoms. The molecule has 2 unspecified atom stereocenters. The molecule has 50 heavy (non-hydrogen) atoms. The number of aliphatic imine (C=N–C) groups is 1. The first kappa shape index (κ1) is 34.7. The van der Waals surface area contributed by atoms with Crippen LogP contribution in [-0.2, 0) is 4.74 Å². The Kier molecular flexibility index (Phi) is 11.1. The Morgan fingerprint density at radius 2 is 1.76 bits per heavy atom. The Morgan fingerprint density at radius 3 is 2.42 bits per heavy atom. The van der Waals surface area contributed by atoms with Gasteiger partial charge in [0.1, 0.15) is 24.2 Å². The molecule has 0 saturated carbocycles. The first-order valence-corrected chi connectivity index (χ1v) is 14.9. The fraction of sp³-hybridized carbons (Fsp3) is 0.182. The number of hydrogen-bond acceptors (Lipinski definition) is 12. The molecule has 0 aliphatic heterocycles. The molecule has 0 aliphatic rings. The summed E-state index contributed by atoms with van der Waals surface area (Å²) in [4.78, 5) is 40.5. The number of carbonyl (C=O) groups is 2. The number of rotatable bonds is 14. The fourth-order valence-electron chi connectivity index (χ4n) is 4.54. The summed E-state index contributed by atoms with van der Waals surface area (Å²) < 4.78 is 38.5. The summed E-state index contributed by atoms with van der Waals surface area (Å²) in [7, 11) is 1.39. The van der Waals surface area contributed by atoms with Gasteiger partial charge in [0.2, 0.25) is 6.29 Å². The molecule has 5 N–H and O–H groups in total. The molecule has 0 fully saturated rings. The SMILES string of the molecule is COc1cc(OCCO)c(F)c(C(Nc2ccc(/C(N)=N/C(=O)c3ccccc3)cc2)c2nc(OC(C)OC(=O)O)n(-c3ncccn3)n2)c1. The molecular weight excluding hydrogens is 655 g/mol. The van der Waals surface area contributed by atoms with Gasteiger partial charge < -0.3 is 40.2 Å². The molecule has 258 valence electrons. The summed E-state index contributed by atoms with van der Waals surface area (Å²) in [5, 5.41) is 26.1. The maximum atomic E-state index is 16.2. The van der Waals surface area contributed by atoms with E-state index < -0.39 is 30.2 Å². The monoisotopic (exact) mass is 686 g/mol. The van der Waals surface area contributed by atoms with E-state index in [1.807, 2.05) is 0 Å². The standard InChI is InChI=1S/C33H31FN8O8/c1-19(50-33(45)46)49-32-40-29(41-42(32)31-36-13-6-14-37-31)27(24-17-23(47-2)18-25(26(24)34)48-16-15-43)38-22-11-9-20(10-12-22)28(35)39-30(44)21-7-4-3-5-8-21/h3-14,17-19,27,38,43H,15-16H2,1-2H3,(H,45,46)(H2,35,39,44). The van der Waals surface area contributed by atoms with Gasteiger partial charge >= 0.3 is 12.2 Å². The number of nitrogens with two attached hydrogens (primary N) is 1. The minimum Gasteiger partial charge on any atom is -0.497 e. The van der Waals surface area contributed by atoms with E-state index >= 15 is 4.39 Å². The fourth-order valence-corrected chi connectivity index (χ4v) is 4.54. The third-order valence-corrected chi connectivity index (χ3v) is 6.80. The second-order valence-corrected chi connectivity index (χ2v) is 10.2. The van der Waals surface area contributed by atoms with Crippen LogP contribution in [0.4, 0.5) is 14.9 Å². The normalized spacial score (nSPS) is 12.4. The highest BCUT2D eigenvalue weighted by molar-refractivity contribution is 6.08. The highest BCUT2D eigenvalue weighted by atomic mass is 19.1. The second-order valence-electron chi connectivity index (χ2n) is 10.2. The zero-order valence-corrected chi connectivity index (χ0v) is 26.6. The Hall–Kier alpha value is -6.62. The molecule has 0 saturated heterocycles. The lowest BCUT2D eigenvalue weighted by Crippen LogP contribution is -2.21. The van der Waals surface area contributed by atoms with Crippen LogP contribution in [0.25, 0.3) is 5.95 Å². The van der Waals surface area contributed by atoms with Gasteiger partial charge in [0, 0.05) is 47.8 Å². The van der Waals surface area contributed by atoms with Crippen LogP contribution >= 0.6 is 0 Å². The number of aliphatic hydroxyl groups excluding tert-OH is 1. The average molecular weight is 687 g/mol. The van der Waals surface area contributed by atoms with Crippen LogP contribution in [0.5, 0.6) is 17.5 Å². The molecule has 0 aliphatic carbocycles. The Labute approximate surface area is 284 Å². The molecular formula is C33H31FN8O8. The van der Waals surface area contributed by atoms with E-state index in [1.165, 1.54) is 38.6 Å². The first-order chi connectivity index (χ1) is 24.2. The number of hydrogen-bond donors (Lipinski definition) is 4. The van der Waals surface area contributed by atoms with E-state index in [2.05, 4.69) is 35.1 Å². The number of amides is 1. The molecule has 17 heteroatoms. The van der Waals surface area contributed by atoms with Crippen LogP contribution in [0.2, 0.25) is 0 Å². The van der Waals surface area contributed by atoms with Crippen molar-refractivity contribution < 1.29 is 43.1 Å². The van der Waals surface area contributed by atoms with Crippen molar-refractivity contribution in [2.75, 3.05) is 25.6 Å². The number of carbonyl (C=O) groups excluding carboxylic acids is 1. The van der Waals surface area contributed by atoms with Crippen molar-refractivity contribution >= 4 is 23.6 Å². The van der Waals surface area contributed by atoms with E-state index in [0.29, 0.717) is 16.8 Å². The average Bonchev–Trinajstić information content (AvgIpc) is 3.54. The van der Waals surface area contributed by atoms with Crippen molar-refractivity contribution in [1.82, 2.24) is 24.7 Å². The maximum absolute atomic E-state index is 16.2. The predicted octanol–water partition coefficient (Wildman–Crippen LogP) is 3.74. The quantitative estimate of drug-likeness (QED) is 0.0566. The van der Waals surface area contributed by atoms with E-state index in [0.717, 1.165) is 4.68 Å². The summed E-state index contributed by atoms with van der Waals surface area (Å²) in [6.07, 6.45) is -0.0427. The number of ether oxygens (including phenoxy) is 4. The number of halogens is 1. The smallest absolute Gasteiger partial charge is 0.497 e. The second kappa shape index (κ2) is 16.0. The Bertz CT molecular complexity index is 1960. The van der Waals surface area contributed by atoms with Gasteiger partial charge in [-0.2, -0.15) is 9.98 Å². The van der Waals surface area contributed by atoms with Crippen molar-refractivity contribution in [2.24, 2.45) is 10.7 Å². The van der Waals surface area contributed by atoms with Crippen molar-refractivity contribution in [3.8, 4) is 23.5 Å². The van der Waals surface area contributed by atoms with Gasteiger partial charge in [0.05, 0.1) is 13.7 Å². The Morgan fingerprint density at radius 1 is 1.04 bits per heavy atom. The van der Waals surface area contributed by atoms with Crippen molar-refractivity contribution in [1.29, 1.82) is 0 Å². The summed E-state index contributed by atoms with van der Waals surface area (Å²) in [5.74, 6) is -1.42. The molecule has 5 rings (SSSR count). The van der Waals surface area contributed by atoms with Crippen LogP contribution in [-0.4, -0.2) is 79.5 Å².